The van der Waals surface area contributed by atoms with Crippen molar-refractivity contribution in [2.24, 2.45) is 7.05 Å². The highest BCUT2D eigenvalue weighted by Gasteiger charge is 2.20. The predicted molar refractivity (Wildman–Crippen MR) is 69.9 cm³/mol. The van der Waals surface area contributed by atoms with Crippen molar-refractivity contribution in [1.29, 1.82) is 0 Å². The Morgan fingerprint density at radius 3 is 3.06 bits per heavy atom. The van der Waals surface area contributed by atoms with Crippen LogP contribution in [0.4, 0.5) is 0 Å². The number of hydrogen-bond acceptors (Lipinski definition) is 2. The summed E-state index contributed by atoms with van der Waals surface area (Å²) < 4.78 is 1.88. The summed E-state index contributed by atoms with van der Waals surface area (Å²) in [6, 6.07) is 0.741. The van der Waals surface area contributed by atoms with Crippen molar-refractivity contribution in [3.63, 3.8) is 0 Å². The van der Waals surface area contributed by atoms with Crippen molar-refractivity contribution >= 4 is 15.9 Å². The SMILES string of the molecule is Cn1cc(CCN2CCCCC2CBr)cn1. The van der Waals surface area contributed by atoms with Crippen molar-refractivity contribution in [3.8, 4) is 0 Å². The third kappa shape index (κ3) is 3.08. The number of hydrogen-bond donors (Lipinski definition) is 0. The van der Waals surface area contributed by atoms with Gasteiger partial charge in [0.1, 0.15) is 0 Å². The maximum absolute atomic E-state index is 4.21. The van der Waals surface area contributed by atoms with Crippen LogP contribution in [-0.2, 0) is 13.5 Å². The lowest BCUT2D eigenvalue weighted by Gasteiger charge is -2.34. The fourth-order valence-corrected chi connectivity index (χ4v) is 3.14. The Kier molecular flexibility index (Phi) is 4.41. The molecular weight excluding hydrogens is 266 g/mol. The van der Waals surface area contributed by atoms with Gasteiger partial charge in [-0.3, -0.25) is 9.58 Å². The summed E-state index contributed by atoms with van der Waals surface area (Å²) in [4.78, 5) is 2.62. The number of aryl methyl sites for hydroxylation is 1. The average molecular weight is 286 g/mol. The van der Waals surface area contributed by atoms with Crippen LogP contribution in [0.5, 0.6) is 0 Å². The van der Waals surface area contributed by atoms with Crippen LogP contribution in [0.1, 0.15) is 24.8 Å². The van der Waals surface area contributed by atoms with E-state index in [1.165, 1.54) is 37.9 Å². The predicted octanol–water partition coefficient (Wildman–Crippen LogP) is 2.21. The van der Waals surface area contributed by atoms with Crippen LogP contribution in [0.2, 0.25) is 0 Å². The second-order valence-corrected chi connectivity index (χ2v) is 5.26. The molecular formula is C12H20BrN3. The summed E-state index contributed by atoms with van der Waals surface area (Å²) in [6.45, 7) is 2.43. The molecule has 1 unspecified atom stereocenters. The summed E-state index contributed by atoms with van der Waals surface area (Å²) in [5, 5.41) is 5.32. The lowest BCUT2D eigenvalue weighted by Crippen LogP contribution is -2.41. The van der Waals surface area contributed by atoms with Crippen molar-refractivity contribution in [3.05, 3.63) is 18.0 Å². The maximum atomic E-state index is 4.21. The molecule has 3 nitrogen and oxygen atoms in total. The lowest BCUT2D eigenvalue weighted by molar-refractivity contribution is 0.167. The summed E-state index contributed by atoms with van der Waals surface area (Å²) in [6.07, 6.45) is 9.31. The van der Waals surface area contributed by atoms with Gasteiger partial charge in [0.2, 0.25) is 0 Å². The molecule has 0 spiro atoms. The first-order chi connectivity index (χ1) is 7.79. The van der Waals surface area contributed by atoms with E-state index in [4.69, 9.17) is 0 Å². The zero-order valence-electron chi connectivity index (χ0n) is 9.90. The van der Waals surface area contributed by atoms with Gasteiger partial charge >= 0.3 is 0 Å². The smallest absolute Gasteiger partial charge is 0.0522 e. The van der Waals surface area contributed by atoms with Crippen LogP contribution < -0.4 is 0 Å². The van der Waals surface area contributed by atoms with Crippen LogP contribution in [0.15, 0.2) is 12.4 Å². The average Bonchev–Trinajstić information content (AvgIpc) is 2.73. The first-order valence-electron chi connectivity index (χ1n) is 6.07. The Hall–Kier alpha value is -0.350. The molecule has 4 heteroatoms. The van der Waals surface area contributed by atoms with Gasteiger partial charge < -0.3 is 0 Å². The molecule has 0 radical (unpaired) electrons. The number of nitrogens with zero attached hydrogens (tertiary/aromatic N) is 3. The van der Waals surface area contributed by atoms with Crippen LogP contribution >= 0.6 is 15.9 Å². The highest BCUT2D eigenvalue weighted by Crippen LogP contribution is 2.18. The van der Waals surface area contributed by atoms with Gasteiger partial charge in [-0.25, -0.2) is 0 Å². The number of likely N-dealkylation sites (tertiary alicyclic amines) is 1. The van der Waals surface area contributed by atoms with E-state index in [1.807, 2.05) is 17.9 Å². The Bertz CT molecular complexity index is 324. The van der Waals surface area contributed by atoms with Gasteiger partial charge in [-0.1, -0.05) is 22.4 Å². The Morgan fingerprint density at radius 2 is 2.38 bits per heavy atom. The molecule has 1 aliphatic heterocycles. The largest absolute Gasteiger partial charge is 0.299 e. The first-order valence-corrected chi connectivity index (χ1v) is 7.19. The summed E-state index contributed by atoms with van der Waals surface area (Å²) in [5.74, 6) is 0. The second-order valence-electron chi connectivity index (χ2n) is 4.61. The third-order valence-corrected chi connectivity index (χ3v) is 4.12. The van der Waals surface area contributed by atoms with E-state index < -0.39 is 0 Å². The van der Waals surface area contributed by atoms with Crippen LogP contribution in [0, 0.1) is 0 Å². The summed E-state index contributed by atoms with van der Waals surface area (Å²) in [7, 11) is 1.98. The molecule has 1 aromatic heterocycles. The highest BCUT2D eigenvalue weighted by atomic mass is 79.9. The normalized spacial score (nSPS) is 22.5. The summed E-state index contributed by atoms with van der Waals surface area (Å²) >= 11 is 3.62. The van der Waals surface area contributed by atoms with E-state index in [1.54, 1.807) is 0 Å². The zero-order valence-corrected chi connectivity index (χ0v) is 11.5. The molecule has 1 aromatic rings. The molecule has 1 atom stereocenters. The minimum atomic E-state index is 0.741. The monoisotopic (exact) mass is 285 g/mol. The molecule has 0 saturated carbocycles. The number of aromatic nitrogens is 2. The minimum Gasteiger partial charge on any atom is -0.299 e. The Morgan fingerprint density at radius 1 is 1.50 bits per heavy atom. The van der Waals surface area contributed by atoms with Gasteiger partial charge in [-0.2, -0.15) is 5.10 Å². The Balaban J connectivity index is 1.84. The molecule has 1 aliphatic rings. The van der Waals surface area contributed by atoms with E-state index in [2.05, 4.69) is 32.1 Å². The minimum absolute atomic E-state index is 0.741. The molecule has 2 rings (SSSR count). The molecule has 16 heavy (non-hydrogen) atoms. The van der Waals surface area contributed by atoms with Gasteiger partial charge in [0, 0.05) is 31.2 Å². The van der Waals surface area contributed by atoms with Gasteiger partial charge in [0.05, 0.1) is 6.20 Å². The first kappa shape index (κ1) is 12.1. The van der Waals surface area contributed by atoms with Crippen LogP contribution in [0.3, 0.4) is 0 Å². The molecule has 0 aromatic carbocycles. The van der Waals surface area contributed by atoms with Gasteiger partial charge in [0.25, 0.3) is 0 Å². The van der Waals surface area contributed by atoms with Crippen LogP contribution in [-0.4, -0.2) is 39.1 Å². The summed E-state index contributed by atoms with van der Waals surface area (Å²) in [5.41, 5.74) is 1.35. The third-order valence-electron chi connectivity index (χ3n) is 3.37. The molecule has 1 fully saturated rings. The van der Waals surface area contributed by atoms with Crippen molar-refractivity contribution in [1.82, 2.24) is 14.7 Å². The van der Waals surface area contributed by atoms with E-state index in [9.17, 15) is 0 Å². The number of halogens is 1. The molecule has 0 N–H and O–H groups in total. The highest BCUT2D eigenvalue weighted by molar-refractivity contribution is 9.09. The van der Waals surface area contributed by atoms with Crippen molar-refractivity contribution < 1.29 is 0 Å². The van der Waals surface area contributed by atoms with Gasteiger partial charge in [-0.05, 0) is 31.4 Å². The lowest BCUT2D eigenvalue weighted by atomic mass is 10.0. The quantitative estimate of drug-likeness (QED) is 0.791. The topological polar surface area (TPSA) is 21.1 Å². The maximum Gasteiger partial charge on any atom is 0.0522 e. The Labute approximate surface area is 106 Å². The van der Waals surface area contributed by atoms with E-state index in [-0.39, 0.29) is 0 Å². The second kappa shape index (κ2) is 5.82. The van der Waals surface area contributed by atoms with E-state index in [0.29, 0.717) is 0 Å². The molecule has 2 heterocycles. The van der Waals surface area contributed by atoms with Gasteiger partial charge in [0.15, 0.2) is 0 Å². The van der Waals surface area contributed by atoms with Crippen molar-refractivity contribution in [2.45, 2.75) is 31.7 Å². The van der Waals surface area contributed by atoms with Gasteiger partial charge in [-0.15, -0.1) is 0 Å². The number of alkyl halides is 1. The molecule has 0 aliphatic carbocycles. The fourth-order valence-electron chi connectivity index (χ4n) is 2.40. The standard InChI is InChI=1S/C12H20BrN3/c1-15-10-11(9-14-15)5-7-16-6-3-2-4-12(16)8-13/h9-10,12H,2-8H2,1H3. The molecule has 1 saturated heterocycles. The molecule has 0 amide bonds. The van der Waals surface area contributed by atoms with Crippen molar-refractivity contribution in [2.75, 3.05) is 18.4 Å². The molecule has 90 valence electrons. The number of rotatable bonds is 4. The van der Waals surface area contributed by atoms with E-state index in [0.717, 1.165) is 17.8 Å². The number of piperidine rings is 1. The zero-order chi connectivity index (χ0) is 11.4. The van der Waals surface area contributed by atoms with E-state index >= 15 is 0 Å². The fraction of sp³-hybridized carbons (Fsp3) is 0.750. The molecule has 0 bridgehead atoms. The van der Waals surface area contributed by atoms with Crippen LogP contribution in [0.25, 0.3) is 0 Å².